The molecule has 2 amide bonds. The van der Waals surface area contributed by atoms with Crippen molar-refractivity contribution in [1.82, 2.24) is 5.32 Å². The molecule has 0 bridgehead atoms. The molecule has 0 saturated heterocycles. The molecule has 0 atom stereocenters. The van der Waals surface area contributed by atoms with Crippen LogP contribution in [0, 0.1) is 0 Å². The van der Waals surface area contributed by atoms with E-state index in [2.05, 4.69) is 0 Å². The highest BCUT2D eigenvalue weighted by Gasteiger charge is 2.22. The van der Waals surface area contributed by atoms with Gasteiger partial charge in [-0.2, -0.15) is 0 Å². The summed E-state index contributed by atoms with van der Waals surface area (Å²) >= 11 is 0. The van der Waals surface area contributed by atoms with Crippen LogP contribution < -0.4 is 11.1 Å². The van der Waals surface area contributed by atoms with Gasteiger partial charge < -0.3 is 15.8 Å². The van der Waals surface area contributed by atoms with E-state index in [-0.39, 0.29) is 12.8 Å². The minimum Gasteiger partial charge on any atom is -0.444 e. The quantitative estimate of drug-likeness (QED) is 0.724. The minimum absolute atomic E-state index is 0.00694. The predicted octanol–water partition coefficient (Wildman–Crippen LogP) is 1.02. The van der Waals surface area contributed by atoms with Gasteiger partial charge in [-0.25, -0.2) is 13.6 Å². The lowest BCUT2D eigenvalue weighted by Crippen LogP contribution is -2.34. The maximum Gasteiger partial charge on any atom is 0.405 e. The Morgan fingerprint density at radius 3 is 2.44 bits per heavy atom. The molecule has 94 valence electrons. The van der Waals surface area contributed by atoms with Crippen molar-refractivity contribution < 1.29 is 23.1 Å². The summed E-state index contributed by atoms with van der Waals surface area (Å²) in [6.07, 6.45) is -3.30. The first-order valence-corrected chi connectivity index (χ1v) is 4.76. The Labute approximate surface area is 92.3 Å². The molecule has 0 rings (SSSR count). The van der Waals surface area contributed by atoms with Gasteiger partial charge in [0.05, 0.1) is 6.54 Å². The average molecular weight is 238 g/mol. The molecule has 0 spiro atoms. The zero-order chi connectivity index (χ0) is 12.8. The number of alkyl halides is 2. The lowest BCUT2D eigenvalue weighted by Gasteiger charge is -2.23. The minimum atomic E-state index is -2.57. The van der Waals surface area contributed by atoms with Gasteiger partial charge in [0.15, 0.2) is 0 Å². The second kappa shape index (κ2) is 6.24. The number of hydrogen-bond acceptors (Lipinski definition) is 3. The Hall–Kier alpha value is -1.40. The van der Waals surface area contributed by atoms with E-state index < -0.39 is 30.6 Å². The van der Waals surface area contributed by atoms with Crippen molar-refractivity contribution in [1.29, 1.82) is 0 Å². The van der Waals surface area contributed by atoms with Gasteiger partial charge in [0.2, 0.25) is 5.91 Å². The highest BCUT2D eigenvalue weighted by molar-refractivity contribution is 5.76. The van der Waals surface area contributed by atoms with Crippen molar-refractivity contribution in [3.05, 3.63) is 0 Å². The van der Waals surface area contributed by atoms with Crippen LogP contribution in [-0.4, -0.2) is 30.6 Å². The fraction of sp³-hybridized carbons (Fsp3) is 0.778. The first-order valence-electron chi connectivity index (χ1n) is 4.76. The standard InChI is InChI=1S/C9H16F2N2O3/c1-9(2,16-8(12)15)4-3-7(14)13-5-6(10)11/h6H,3-5H2,1-2H3,(H2,12,15)(H,13,14). The Balaban J connectivity index is 3.86. The molecule has 0 aliphatic carbocycles. The van der Waals surface area contributed by atoms with Gasteiger partial charge in [0.1, 0.15) is 5.60 Å². The van der Waals surface area contributed by atoms with E-state index in [1.165, 1.54) is 0 Å². The average Bonchev–Trinajstić information content (AvgIpc) is 2.09. The number of halogens is 2. The third-order valence-electron chi connectivity index (χ3n) is 1.78. The highest BCUT2D eigenvalue weighted by Crippen LogP contribution is 2.16. The van der Waals surface area contributed by atoms with Gasteiger partial charge >= 0.3 is 6.09 Å². The van der Waals surface area contributed by atoms with Crippen LogP contribution in [0.15, 0.2) is 0 Å². The van der Waals surface area contributed by atoms with Crippen molar-refractivity contribution in [3.8, 4) is 0 Å². The molecule has 0 aromatic rings. The predicted molar refractivity (Wildman–Crippen MR) is 53.0 cm³/mol. The van der Waals surface area contributed by atoms with Crippen molar-refractivity contribution >= 4 is 12.0 Å². The lowest BCUT2D eigenvalue weighted by atomic mass is 10.0. The summed E-state index contributed by atoms with van der Waals surface area (Å²) in [6, 6.07) is 0. The summed E-state index contributed by atoms with van der Waals surface area (Å²) in [5, 5.41) is 2.05. The molecule has 0 heterocycles. The number of ether oxygens (including phenoxy) is 1. The summed E-state index contributed by atoms with van der Waals surface area (Å²) in [6.45, 7) is 2.49. The van der Waals surface area contributed by atoms with E-state index in [1.54, 1.807) is 13.8 Å². The molecule has 16 heavy (non-hydrogen) atoms. The van der Waals surface area contributed by atoms with Crippen LogP contribution in [0.1, 0.15) is 26.7 Å². The molecule has 5 nitrogen and oxygen atoms in total. The number of carbonyl (C=O) groups excluding carboxylic acids is 2. The zero-order valence-electron chi connectivity index (χ0n) is 9.26. The van der Waals surface area contributed by atoms with Gasteiger partial charge in [-0.1, -0.05) is 0 Å². The maximum atomic E-state index is 11.7. The van der Waals surface area contributed by atoms with Gasteiger partial charge in [-0.05, 0) is 20.3 Å². The first-order chi connectivity index (χ1) is 7.23. The number of rotatable bonds is 6. The Morgan fingerprint density at radius 2 is 2.00 bits per heavy atom. The Morgan fingerprint density at radius 1 is 1.44 bits per heavy atom. The summed E-state index contributed by atoms with van der Waals surface area (Å²) < 4.78 is 28.2. The second-order valence-corrected chi connectivity index (χ2v) is 3.88. The summed E-state index contributed by atoms with van der Waals surface area (Å²) in [7, 11) is 0. The second-order valence-electron chi connectivity index (χ2n) is 3.88. The molecule has 7 heteroatoms. The molecule has 0 saturated carbocycles. The molecule has 0 aliphatic heterocycles. The molecular formula is C9H16F2N2O3. The van der Waals surface area contributed by atoms with Crippen LogP contribution >= 0.6 is 0 Å². The van der Waals surface area contributed by atoms with Gasteiger partial charge in [0.25, 0.3) is 6.43 Å². The van der Waals surface area contributed by atoms with Crippen LogP contribution in [0.4, 0.5) is 13.6 Å². The maximum absolute atomic E-state index is 11.7. The summed E-state index contributed by atoms with van der Waals surface area (Å²) in [5.41, 5.74) is 3.94. The summed E-state index contributed by atoms with van der Waals surface area (Å²) in [4.78, 5) is 21.5. The Bertz CT molecular complexity index is 257. The van der Waals surface area contributed by atoms with E-state index in [0.29, 0.717) is 0 Å². The number of nitrogens with two attached hydrogens (primary N) is 1. The van der Waals surface area contributed by atoms with E-state index in [0.717, 1.165) is 0 Å². The van der Waals surface area contributed by atoms with Crippen LogP contribution in [0.25, 0.3) is 0 Å². The number of carbonyl (C=O) groups is 2. The van der Waals surface area contributed by atoms with Crippen molar-refractivity contribution in [2.75, 3.05) is 6.54 Å². The molecule has 0 radical (unpaired) electrons. The SMILES string of the molecule is CC(C)(CCC(=O)NCC(F)F)OC(N)=O. The lowest BCUT2D eigenvalue weighted by molar-refractivity contribution is -0.122. The molecule has 0 aliphatic rings. The third kappa shape index (κ3) is 7.95. The van der Waals surface area contributed by atoms with Gasteiger partial charge in [-0.3, -0.25) is 4.79 Å². The van der Waals surface area contributed by atoms with Crippen LogP contribution in [0.5, 0.6) is 0 Å². The van der Waals surface area contributed by atoms with E-state index in [4.69, 9.17) is 10.5 Å². The fourth-order valence-electron chi connectivity index (χ4n) is 1.02. The molecule has 0 fully saturated rings. The van der Waals surface area contributed by atoms with Gasteiger partial charge in [0, 0.05) is 6.42 Å². The van der Waals surface area contributed by atoms with Crippen LogP contribution in [-0.2, 0) is 9.53 Å². The van der Waals surface area contributed by atoms with Crippen molar-refractivity contribution in [3.63, 3.8) is 0 Å². The topological polar surface area (TPSA) is 81.4 Å². The van der Waals surface area contributed by atoms with E-state index >= 15 is 0 Å². The zero-order valence-corrected chi connectivity index (χ0v) is 9.26. The van der Waals surface area contributed by atoms with Crippen molar-refractivity contribution in [2.24, 2.45) is 5.73 Å². The first kappa shape index (κ1) is 14.6. The molecule has 3 N–H and O–H groups in total. The third-order valence-corrected chi connectivity index (χ3v) is 1.78. The van der Waals surface area contributed by atoms with Gasteiger partial charge in [-0.15, -0.1) is 0 Å². The molecule has 0 unspecified atom stereocenters. The largest absolute Gasteiger partial charge is 0.444 e. The number of hydrogen-bond donors (Lipinski definition) is 2. The van der Waals surface area contributed by atoms with Crippen LogP contribution in [0.3, 0.4) is 0 Å². The number of primary amides is 1. The Kier molecular flexibility index (Phi) is 5.69. The number of amides is 2. The van der Waals surface area contributed by atoms with Crippen LogP contribution in [0.2, 0.25) is 0 Å². The summed E-state index contributed by atoms with van der Waals surface area (Å²) in [5.74, 6) is -0.513. The molecular weight excluding hydrogens is 222 g/mol. The van der Waals surface area contributed by atoms with Crippen molar-refractivity contribution in [2.45, 2.75) is 38.7 Å². The van der Waals surface area contributed by atoms with E-state index in [1.807, 2.05) is 5.32 Å². The molecule has 0 aromatic carbocycles. The number of nitrogens with one attached hydrogen (secondary N) is 1. The highest BCUT2D eigenvalue weighted by atomic mass is 19.3. The normalized spacial score (nSPS) is 11.3. The molecule has 0 aromatic heterocycles. The van der Waals surface area contributed by atoms with E-state index in [9.17, 15) is 18.4 Å². The monoisotopic (exact) mass is 238 g/mol. The smallest absolute Gasteiger partial charge is 0.405 e. The fourth-order valence-corrected chi connectivity index (χ4v) is 1.02.